The van der Waals surface area contributed by atoms with E-state index in [1.54, 1.807) is 0 Å². The van der Waals surface area contributed by atoms with Crippen LogP contribution in [0.4, 0.5) is 0 Å². The zero-order valence-corrected chi connectivity index (χ0v) is 13.3. The normalized spacial score (nSPS) is 0.556. The molecule has 0 bridgehead atoms. The molecule has 0 aromatic carbocycles. The van der Waals surface area contributed by atoms with Crippen molar-refractivity contribution in [3.05, 3.63) is 0 Å². The quantitative estimate of drug-likeness (QED) is 0.428. The summed E-state index contributed by atoms with van der Waals surface area (Å²) in [6.45, 7) is 0. The van der Waals surface area contributed by atoms with Crippen molar-refractivity contribution in [2.45, 2.75) is 0 Å². The van der Waals surface area contributed by atoms with Gasteiger partial charge in [-0.1, -0.05) is 0 Å². The summed E-state index contributed by atoms with van der Waals surface area (Å²) in [5, 5.41) is 0. The molecular weight excluding hydrogens is 473 g/mol. The third-order valence-corrected chi connectivity index (χ3v) is 0. The standard InChI is InChI=1S/Co.Fe.2La.5O/q;+2;2*+3;;4*-2. The fourth-order valence-electron chi connectivity index (χ4n) is 0. The number of hydrogen-bond acceptors (Lipinski definition) is 1. The summed E-state index contributed by atoms with van der Waals surface area (Å²) < 4.78 is 7.94. The van der Waals surface area contributed by atoms with Gasteiger partial charge < -0.3 is 21.9 Å². The predicted octanol–water partition coefficient (Wildman–Crippen LogP) is -0.599. The van der Waals surface area contributed by atoms with Gasteiger partial charge in [0.05, 0.1) is 0 Å². The van der Waals surface area contributed by atoms with Gasteiger partial charge in [0, 0.05) is 0 Å². The summed E-state index contributed by atoms with van der Waals surface area (Å²) in [5.74, 6) is 0. The minimum absolute atomic E-state index is 0. The van der Waals surface area contributed by atoms with Crippen LogP contribution in [0.25, 0.3) is 0 Å². The van der Waals surface area contributed by atoms with Crippen molar-refractivity contribution in [2.24, 2.45) is 0 Å². The maximum absolute atomic E-state index is 7.94. The van der Waals surface area contributed by atoms with Crippen molar-refractivity contribution in [2.75, 3.05) is 0 Å². The van der Waals surface area contributed by atoms with Gasteiger partial charge in [0.25, 0.3) is 0 Å². The monoisotopic (exact) mass is 473 g/mol. The molecule has 0 N–H and O–H groups in total. The van der Waals surface area contributed by atoms with Crippen LogP contribution in [0.2, 0.25) is 0 Å². The molecule has 0 saturated heterocycles. The Kier molecular flexibility index (Phi) is 1190. The Morgan fingerprint density at radius 3 is 0.667 bits per heavy atom. The molecule has 0 unspecified atom stereocenters. The molecule has 0 saturated carbocycles. The van der Waals surface area contributed by atoms with Crippen LogP contribution in [0.1, 0.15) is 0 Å². The van der Waals surface area contributed by atoms with Crippen LogP contribution in [0, 0.1) is 71.2 Å². The van der Waals surface area contributed by atoms with Gasteiger partial charge in [-0.2, -0.15) is 0 Å². The second-order valence-corrected chi connectivity index (χ2v) is 0. The summed E-state index contributed by atoms with van der Waals surface area (Å²) >= 11 is 2.31. The molecule has 0 aliphatic rings. The van der Waals surface area contributed by atoms with Crippen LogP contribution in [-0.4, -0.2) is 0 Å². The molecule has 0 aliphatic carbocycles. The Morgan fingerprint density at radius 1 is 0.667 bits per heavy atom. The molecule has 9 heavy (non-hydrogen) atoms. The van der Waals surface area contributed by atoms with Crippen molar-refractivity contribution in [1.29, 1.82) is 0 Å². The Labute approximate surface area is 127 Å². The van der Waals surface area contributed by atoms with E-state index in [-0.39, 0.29) is 110 Å². The Hall–Kier alpha value is 3.06. The van der Waals surface area contributed by atoms with Crippen LogP contribution in [0.3, 0.4) is 0 Å². The fourth-order valence-corrected chi connectivity index (χ4v) is 0. The first kappa shape index (κ1) is 89.6. The molecule has 0 spiro atoms. The van der Waals surface area contributed by atoms with Gasteiger partial charge in [-0.3, -0.25) is 0 Å². The predicted molar refractivity (Wildman–Crippen MR) is 3.43 cm³/mol. The van der Waals surface area contributed by atoms with E-state index < -0.39 is 0 Å². The Bertz CT molecular complexity index is 14.9. The second-order valence-electron chi connectivity index (χ2n) is 0. The van der Waals surface area contributed by atoms with E-state index >= 15 is 0 Å². The zero-order valence-electron chi connectivity index (χ0n) is 3.88. The van der Waals surface area contributed by atoms with E-state index in [4.69, 9.17) is 3.87 Å². The van der Waals surface area contributed by atoms with Gasteiger partial charge in [-0.15, -0.1) is 0 Å². The van der Waals surface area contributed by atoms with Crippen LogP contribution in [-0.2, 0) is 58.5 Å². The molecule has 0 aromatic rings. The third kappa shape index (κ3) is 97.1. The first-order valence-electron chi connectivity index (χ1n) is 0.136. The molecule has 0 aromatic heterocycles. The zero-order chi connectivity index (χ0) is 2.00. The molecule has 0 radical (unpaired) electrons. The van der Waals surface area contributed by atoms with Gasteiger partial charge in [0.2, 0.25) is 0 Å². The number of hydrogen-bond donors (Lipinski definition) is 0. The Balaban J connectivity index is -0.000000000238. The molecule has 9 heteroatoms. The maximum atomic E-state index is 7.94. The Morgan fingerprint density at radius 2 is 0.667 bits per heavy atom. The minimum atomic E-state index is 0. The molecule has 0 atom stereocenters. The first-order valence-corrected chi connectivity index (χ1v) is 0.561. The summed E-state index contributed by atoms with van der Waals surface area (Å²) in [4.78, 5) is 0. The number of rotatable bonds is 0. The van der Waals surface area contributed by atoms with Crippen LogP contribution < -0.4 is 0 Å². The SMILES string of the molecule is [Fe+2].[La+3].[La+3].[O-2].[O-2].[O-2].[O-2].[O]=[Co]. The van der Waals surface area contributed by atoms with Crippen LogP contribution in [0.15, 0.2) is 0 Å². The van der Waals surface area contributed by atoms with E-state index in [1.807, 2.05) is 0 Å². The first-order chi connectivity index (χ1) is 1.00. The van der Waals surface area contributed by atoms with E-state index in [1.165, 1.54) is 0 Å². The van der Waals surface area contributed by atoms with Gasteiger partial charge in [0.1, 0.15) is 0 Å². The van der Waals surface area contributed by atoms with Gasteiger partial charge in [-0.05, 0) is 0 Å². The fraction of sp³-hybridized carbons (Fsp3) is 0. The average Bonchev–Trinajstić information content (AvgIpc) is 1.00. The van der Waals surface area contributed by atoms with E-state index in [0.717, 1.165) is 0 Å². The molecule has 0 heterocycles. The molecule has 0 fully saturated rings. The molecule has 0 amide bonds. The molecular formula is CoFeLa2O5. The van der Waals surface area contributed by atoms with Crippen LogP contribution >= 0.6 is 0 Å². The van der Waals surface area contributed by atoms with E-state index in [9.17, 15) is 0 Å². The summed E-state index contributed by atoms with van der Waals surface area (Å²) in [6.07, 6.45) is 0. The van der Waals surface area contributed by atoms with Gasteiger partial charge in [0.15, 0.2) is 0 Å². The molecule has 5 nitrogen and oxygen atoms in total. The van der Waals surface area contributed by atoms with Crippen LogP contribution in [0.5, 0.6) is 0 Å². The molecule has 53 valence electrons. The summed E-state index contributed by atoms with van der Waals surface area (Å²) in [5.41, 5.74) is 0. The van der Waals surface area contributed by atoms with E-state index in [0.29, 0.717) is 0 Å². The van der Waals surface area contributed by atoms with E-state index in [2.05, 4.69) is 15.7 Å². The average molecular weight is 473 g/mol. The van der Waals surface area contributed by atoms with Crippen molar-refractivity contribution >= 4 is 0 Å². The van der Waals surface area contributed by atoms with Crippen molar-refractivity contribution in [3.63, 3.8) is 0 Å². The van der Waals surface area contributed by atoms with Gasteiger partial charge in [-0.25, -0.2) is 0 Å². The molecule has 0 rings (SSSR count). The van der Waals surface area contributed by atoms with Crippen molar-refractivity contribution < 1.29 is 130 Å². The second kappa shape index (κ2) is 120. The third-order valence-electron chi connectivity index (χ3n) is 0. The van der Waals surface area contributed by atoms with Gasteiger partial charge >= 0.3 is 108 Å². The molecule has 0 aliphatic heterocycles. The topological polar surface area (TPSA) is 131 Å². The summed E-state index contributed by atoms with van der Waals surface area (Å²) in [7, 11) is 0. The summed E-state index contributed by atoms with van der Waals surface area (Å²) in [6, 6.07) is 0. The van der Waals surface area contributed by atoms with Crippen molar-refractivity contribution in [3.8, 4) is 0 Å². The van der Waals surface area contributed by atoms with Crippen molar-refractivity contribution in [1.82, 2.24) is 0 Å².